The fraction of sp³-hybridized carbons (Fsp3) is 0.800. The van der Waals surface area contributed by atoms with Crippen molar-refractivity contribution >= 4 is 12.3 Å². The third-order valence-electron chi connectivity index (χ3n) is 2.14. The first kappa shape index (κ1) is 12.1. The molecule has 1 N–H and O–H groups in total. The minimum atomic E-state index is -0.844. The smallest absolute Gasteiger partial charge is 0.306 e. The second-order valence-electron chi connectivity index (χ2n) is 3.29. The maximum Gasteiger partial charge on any atom is 0.306 e. The highest BCUT2D eigenvalue weighted by atomic mass is 16.4. The maximum absolute atomic E-state index is 10.6. The van der Waals surface area contributed by atoms with Gasteiger partial charge in [-0.15, -0.1) is 0 Å². The summed E-state index contributed by atoms with van der Waals surface area (Å²) in [6.45, 7) is 2.11. The second-order valence-corrected chi connectivity index (χ2v) is 3.29. The first-order valence-corrected chi connectivity index (χ1v) is 4.88. The molecule has 0 aromatic carbocycles. The predicted molar refractivity (Wildman–Crippen MR) is 50.6 cm³/mol. The number of carbonyl (C=O) groups is 2. The van der Waals surface area contributed by atoms with Crippen LogP contribution in [0.1, 0.15) is 45.4 Å². The Morgan fingerprint density at radius 2 is 2.08 bits per heavy atom. The lowest BCUT2D eigenvalue weighted by Crippen LogP contribution is -2.13. The summed E-state index contributed by atoms with van der Waals surface area (Å²) in [7, 11) is 0. The van der Waals surface area contributed by atoms with Crippen LogP contribution in [0, 0.1) is 5.92 Å². The Hall–Kier alpha value is -0.860. The zero-order valence-electron chi connectivity index (χ0n) is 8.16. The molecule has 0 radical (unpaired) electrons. The summed E-state index contributed by atoms with van der Waals surface area (Å²) in [6.07, 6.45) is 5.75. The number of hydrogen-bond acceptors (Lipinski definition) is 2. The predicted octanol–water partition coefficient (Wildman–Crippen LogP) is 2.25. The summed E-state index contributed by atoms with van der Waals surface area (Å²) < 4.78 is 0. The van der Waals surface area contributed by atoms with Gasteiger partial charge in [-0.1, -0.05) is 32.6 Å². The number of aliphatic carboxylic acids is 1. The molecule has 1 atom stereocenters. The molecular formula is C10H18O3. The van der Waals surface area contributed by atoms with Crippen LogP contribution in [-0.4, -0.2) is 17.4 Å². The Labute approximate surface area is 79.1 Å². The van der Waals surface area contributed by atoms with Crippen molar-refractivity contribution in [1.29, 1.82) is 0 Å². The van der Waals surface area contributed by atoms with Gasteiger partial charge < -0.3 is 9.90 Å². The highest BCUT2D eigenvalue weighted by Gasteiger charge is 2.15. The van der Waals surface area contributed by atoms with Crippen LogP contribution in [0.25, 0.3) is 0 Å². The number of rotatable bonds is 8. The van der Waals surface area contributed by atoms with E-state index in [9.17, 15) is 9.59 Å². The van der Waals surface area contributed by atoms with Gasteiger partial charge in [-0.05, 0) is 6.42 Å². The lowest BCUT2D eigenvalue weighted by atomic mass is 9.98. The highest BCUT2D eigenvalue weighted by Crippen LogP contribution is 2.13. The first-order valence-electron chi connectivity index (χ1n) is 4.88. The number of aldehydes is 1. The molecule has 0 aromatic rings. The van der Waals surface area contributed by atoms with E-state index in [1.165, 1.54) is 0 Å². The van der Waals surface area contributed by atoms with Crippen LogP contribution in [0.4, 0.5) is 0 Å². The van der Waals surface area contributed by atoms with Crippen molar-refractivity contribution in [3.8, 4) is 0 Å². The molecule has 0 heterocycles. The van der Waals surface area contributed by atoms with E-state index in [0.29, 0.717) is 12.7 Å². The molecule has 0 amide bonds. The van der Waals surface area contributed by atoms with Crippen molar-refractivity contribution < 1.29 is 14.7 Å². The summed E-state index contributed by atoms with van der Waals surface area (Å²) in [5.41, 5.74) is 0. The summed E-state index contributed by atoms with van der Waals surface area (Å²) in [5, 5.41) is 8.70. The van der Waals surface area contributed by atoms with Gasteiger partial charge in [-0.2, -0.15) is 0 Å². The van der Waals surface area contributed by atoms with Crippen molar-refractivity contribution in [2.24, 2.45) is 5.92 Å². The molecule has 0 saturated heterocycles. The SMILES string of the molecule is CCCCCCC(CC=O)C(=O)O. The van der Waals surface area contributed by atoms with Gasteiger partial charge in [0.1, 0.15) is 6.29 Å². The molecule has 3 heteroatoms. The van der Waals surface area contributed by atoms with E-state index in [-0.39, 0.29) is 6.42 Å². The Bertz CT molecular complexity index is 154. The molecule has 0 saturated carbocycles. The van der Waals surface area contributed by atoms with Crippen LogP contribution in [0.15, 0.2) is 0 Å². The van der Waals surface area contributed by atoms with Crippen molar-refractivity contribution in [3.63, 3.8) is 0 Å². The fourth-order valence-corrected chi connectivity index (χ4v) is 1.28. The average molecular weight is 186 g/mol. The van der Waals surface area contributed by atoms with E-state index in [2.05, 4.69) is 6.92 Å². The van der Waals surface area contributed by atoms with Crippen LogP contribution >= 0.6 is 0 Å². The highest BCUT2D eigenvalue weighted by molar-refractivity contribution is 5.73. The molecule has 0 fully saturated rings. The summed E-state index contributed by atoms with van der Waals surface area (Å²) in [5.74, 6) is -1.31. The number of unbranched alkanes of at least 4 members (excludes halogenated alkanes) is 3. The molecule has 0 aromatic heterocycles. The molecule has 0 aliphatic carbocycles. The fourth-order valence-electron chi connectivity index (χ4n) is 1.28. The van der Waals surface area contributed by atoms with Gasteiger partial charge in [0.15, 0.2) is 0 Å². The minimum Gasteiger partial charge on any atom is -0.481 e. The molecule has 0 bridgehead atoms. The first-order chi connectivity index (χ1) is 6.22. The normalized spacial score (nSPS) is 12.4. The third-order valence-corrected chi connectivity index (χ3v) is 2.14. The lowest BCUT2D eigenvalue weighted by molar-refractivity contribution is -0.143. The Morgan fingerprint density at radius 1 is 1.38 bits per heavy atom. The van der Waals surface area contributed by atoms with Crippen molar-refractivity contribution in [1.82, 2.24) is 0 Å². The third kappa shape index (κ3) is 6.31. The molecule has 0 aliphatic rings. The van der Waals surface area contributed by atoms with E-state index in [1.807, 2.05) is 0 Å². The number of hydrogen-bond donors (Lipinski definition) is 1. The number of carbonyl (C=O) groups excluding carboxylic acids is 1. The van der Waals surface area contributed by atoms with Gasteiger partial charge in [0.25, 0.3) is 0 Å². The monoisotopic (exact) mass is 186 g/mol. The topological polar surface area (TPSA) is 54.4 Å². The Morgan fingerprint density at radius 3 is 2.54 bits per heavy atom. The van der Waals surface area contributed by atoms with Crippen LogP contribution < -0.4 is 0 Å². The van der Waals surface area contributed by atoms with Crippen LogP contribution in [0.3, 0.4) is 0 Å². The molecular weight excluding hydrogens is 168 g/mol. The molecule has 76 valence electrons. The summed E-state index contributed by atoms with van der Waals surface area (Å²) in [6, 6.07) is 0. The molecule has 3 nitrogen and oxygen atoms in total. The summed E-state index contributed by atoms with van der Waals surface area (Å²) in [4.78, 5) is 20.7. The van der Waals surface area contributed by atoms with E-state index in [0.717, 1.165) is 25.7 Å². The second kappa shape index (κ2) is 7.77. The van der Waals surface area contributed by atoms with Crippen LogP contribution in [-0.2, 0) is 9.59 Å². The van der Waals surface area contributed by atoms with Gasteiger partial charge in [-0.3, -0.25) is 4.79 Å². The quantitative estimate of drug-likeness (QED) is 0.467. The van der Waals surface area contributed by atoms with E-state index < -0.39 is 11.9 Å². The van der Waals surface area contributed by atoms with E-state index >= 15 is 0 Å². The lowest BCUT2D eigenvalue weighted by Gasteiger charge is -2.07. The Kier molecular flexibility index (Phi) is 7.26. The van der Waals surface area contributed by atoms with Crippen LogP contribution in [0.5, 0.6) is 0 Å². The van der Waals surface area contributed by atoms with Crippen molar-refractivity contribution in [3.05, 3.63) is 0 Å². The Balaban J connectivity index is 3.56. The van der Waals surface area contributed by atoms with Gasteiger partial charge in [0.05, 0.1) is 5.92 Å². The molecule has 13 heavy (non-hydrogen) atoms. The maximum atomic E-state index is 10.6. The average Bonchev–Trinajstić information content (AvgIpc) is 2.10. The zero-order valence-corrected chi connectivity index (χ0v) is 8.16. The molecule has 1 unspecified atom stereocenters. The van der Waals surface area contributed by atoms with E-state index in [4.69, 9.17) is 5.11 Å². The molecule has 0 spiro atoms. The minimum absolute atomic E-state index is 0.154. The zero-order chi connectivity index (χ0) is 10.1. The van der Waals surface area contributed by atoms with Gasteiger partial charge >= 0.3 is 5.97 Å². The van der Waals surface area contributed by atoms with Crippen LogP contribution in [0.2, 0.25) is 0 Å². The summed E-state index contributed by atoms with van der Waals surface area (Å²) >= 11 is 0. The van der Waals surface area contributed by atoms with E-state index in [1.54, 1.807) is 0 Å². The van der Waals surface area contributed by atoms with Crippen molar-refractivity contribution in [2.75, 3.05) is 0 Å². The standard InChI is InChI=1S/C10H18O3/c1-2-3-4-5-6-9(7-8-11)10(12)13/h8-9H,2-7H2,1H3,(H,12,13). The van der Waals surface area contributed by atoms with Crippen molar-refractivity contribution in [2.45, 2.75) is 45.4 Å². The number of carboxylic acid groups (broad SMARTS) is 1. The largest absolute Gasteiger partial charge is 0.481 e. The van der Waals surface area contributed by atoms with Gasteiger partial charge in [-0.25, -0.2) is 0 Å². The molecule has 0 rings (SSSR count). The molecule has 0 aliphatic heterocycles. The van der Waals surface area contributed by atoms with Gasteiger partial charge in [0.2, 0.25) is 0 Å². The number of carboxylic acids is 1. The van der Waals surface area contributed by atoms with Gasteiger partial charge in [0, 0.05) is 6.42 Å².